The summed E-state index contributed by atoms with van der Waals surface area (Å²) in [6, 6.07) is -0.0880. The van der Waals surface area contributed by atoms with Gasteiger partial charge in [0.05, 0.1) is 12.6 Å². The lowest BCUT2D eigenvalue weighted by Gasteiger charge is -2.39. The number of carbonyl (C=O) groups is 2. The first-order valence-electron chi connectivity index (χ1n) is 28.7. The van der Waals surface area contributed by atoms with Crippen LogP contribution < -0.4 is 0 Å². The number of unbranched alkanes of at least 4 members (excludes halogenated alkanes) is 30. The van der Waals surface area contributed by atoms with Crippen LogP contribution in [0, 0.1) is 0 Å². The summed E-state index contributed by atoms with van der Waals surface area (Å²) >= 11 is 0. The van der Waals surface area contributed by atoms with Crippen molar-refractivity contribution in [2.75, 3.05) is 78.5 Å². The van der Waals surface area contributed by atoms with Gasteiger partial charge in [-0.3, -0.25) is 19.4 Å². The summed E-state index contributed by atoms with van der Waals surface area (Å²) in [7, 11) is 0. The molecule has 1 atom stereocenters. The number of carbonyl (C=O) groups excluding carboxylic acids is 2. The van der Waals surface area contributed by atoms with E-state index < -0.39 is 0 Å². The van der Waals surface area contributed by atoms with E-state index in [-0.39, 0.29) is 17.9 Å². The maximum atomic E-state index is 14.1. The minimum atomic E-state index is -0.0880. The smallest absolute Gasteiger partial charge is 0.239 e. The van der Waals surface area contributed by atoms with Crippen molar-refractivity contribution in [3.8, 4) is 0 Å². The van der Waals surface area contributed by atoms with Crippen LogP contribution in [0.1, 0.15) is 266 Å². The predicted molar refractivity (Wildman–Crippen MR) is 277 cm³/mol. The van der Waals surface area contributed by atoms with E-state index in [1.807, 2.05) is 0 Å². The predicted octanol–water partition coefficient (Wildman–Crippen LogP) is 14.7. The highest BCUT2D eigenvalue weighted by Crippen LogP contribution is 2.16. The average molecular weight is 889 g/mol. The first-order chi connectivity index (χ1) is 30.9. The van der Waals surface area contributed by atoms with Gasteiger partial charge in [-0.25, -0.2) is 0 Å². The maximum Gasteiger partial charge on any atom is 0.239 e. The normalized spacial score (nSPS) is 13.9. The van der Waals surface area contributed by atoms with Crippen LogP contribution in [0.15, 0.2) is 0 Å². The number of rotatable bonds is 47. The monoisotopic (exact) mass is 888 g/mol. The number of hydrogen-bond donors (Lipinski definition) is 0. The summed E-state index contributed by atoms with van der Waals surface area (Å²) in [5.74, 6) is 0.541. The molecule has 0 aromatic rings. The number of hydrogen-bond acceptors (Lipinski definition) is 5. The standard InChI is InChI=1S/C56H113N5O2/c1-7-12-17-22-27-32-37-42-57(43-38-33-28-23-18-13-8-2)47-48-58(44-39-34-29-24-19-14-9-3)53-55(62)60-49-51-61(52-50-60)56(63)54(6)59(45-40-35-30-25-20-15-10-4)46-41-36-31-26-21-16-11-5/h54H,7-53H2,1-6H3. The van der Waals surface area contributed by atoms with Crippen LogP contribution >= 0.6 is 0 Å². The largest absolute Gasteiger partial charge is 0.338 e. The van der Waals surface area contributed by atoms with Crippen LogP contribution in [-0.4, -0.2) is 121 Å². The van der Waals surface area contributed by atoms with Gasteiger partial charge in [0.25, 0.3) is 0 Å². The van der Waals surface area contributed by atoms with Gasteiger partial charge < -0.3 is 14.7 Å². The molecule has 7 heteroatoms. The topological polar surface area (TPSA) is 50.3 Å². The van der Waals surface area contributed by atoms with Crippen molar-refractivity contribution >= 4 is 11.8 Å². The van der Waals surface area contributed by atoms with Crippen LogP contribution in [0.3, 0.4) is 0 Å². The fourth-order valence-electron chi connectivity index (χ4n) is 9.70. The third kappa shape index (κ3) is 33.9. The molecular weight excluding hydrogens is 775 g/mol. The van der Waals surface area contributed by atoms with Crippen molar-refractivity contribution < 1.29 is 9.59 Å². The molecule has 1 unspecified atom stereocenters. The molecule has 1 fully saturated rings. The molecule has 0 aromatic heterocycles. The number of nitrogens with zero attached hydrogens (tertiary/aromatic N) is 5. The van der Waals surface area contributed by atoms with Gasteiger partial charge in [-0.1, -0.05) is 227 Å². The molecule has 1 rings (SSSR count). The summed E-state index contributed by atoms with van der Waals surface area (Å²) in [4.78, 5) is 40.0. The molecule has 0 aromatic carbocycles. The second-order valence-electron chi connectivity index (χ2n) is 20.1. The molecular formula is C56H113N5O2. The lowest BCUT2D eigenvalue weighted by molar-refractivity contribution is -0.143. The van der Waals surface area contributed by atoms with E-state index in [4.69, 9.17) is 0 Å². The van der Waals surface area contributed by atoms with Gasteiger partial charge in [0.1, 0.15) is 0 Å². The van der Waals surface area contributed by atoms with Crippen molar-refractivity contribution in [3.63, 3.8) is 0 Å². The number of amides is 2. The summed E-state index contributed by atoms with van der Waals surface area (Å²) in [5.41, 5.74) is 0. The highest BCUT2D eigenvalue weighted by Gasteiger charge is 2.30. The average Bonchev–Trinajstić information content (AvgIpc) is 3.30. The quantitative estimate of drug-likeness (QED) is 0.0570. The SMILES string of the molecule is CCCCCCCCCN(CCCCCCCCC)CCN(CCCCCCCCC)CC(=O)N1CCN(C(=O)C(C)N(CCCCCCCCC)CCCCCCCCC)CC1. The third-order valence-corrected chi connectivity index (χ3v) is 14.3. The van der Waals surface area contributed by atoms with E-state index >= 15 is 0 Å². The molecule has 0 spiro atoms. The Bertz CT molecular complexity index is 951. The maximum absolute atomic E-state index is 14.1. The second kappa shape index (κ2) is 44.6. The van der Waals surface area contributed by atoms with E-state index in [0.29, 0.717) is 32.7 Å². The zero-order valence-electron chi connectivity index (χ0n) is 43.9. The van der Waals surface area contributed by atoms with Crippen LogP contribution in [0.2, 0.25) is 0 Å². The van der Waals surface area contributed by atoms with Gasteiger partial charge in [0.15, 0.2) is 0 Å². The molecule has 374 valence electrons. The molecule has 1 aliphatic rings. The van der Waals surface area contributed by atoms with Crippen molar-refractivity contribution in [3.05, 3.63) is 0 Å². The summed E-state index contributed by atoms with van der Waals surface area (Å²) in [6.45, 7) is 24.4. The molecule has 0 aliphatic carbocycles. The Morgan fingerprint density at radius 2 is 0.619 bits per heavy atom. The molecule has 1 saturated heterocycles. The fraction of sp³-hybridized carbons (Fsp3) is 0.964. The van der Waals surface area contributed by atoms with E-state index in [2.05, 4.69) is 66.0 Å². The van der Waals surface area contributed by atoms with E-state index in [9.17, 15) is 9.59 Å². The van der Waals surface area contributed by atoms with E-state index in [0.717, 1.165) is 32.7 Å². The second-order valence-corrected chi connectivity index (χ2v) is 20.1. The summed E-state index contributed by atoms with van der Waals surface area (Å²) in [6.07, 6.45) is 46.3. The van der Waals surface area contributed by atoms with Crippen molar-refractivity contribution in [1.82, 2.24) is 24.5 Å². The molecule has 63 heavy (non-hydrogen) atoms. The molecule has 0 radical (unpaired) electrons. The molecule has 2 amide bonds. The van der Waals surface area contributed by atoms with Gasteiger partial charge in [-0.05, 0) is 71.8 Å². The minimum absolute atomic E-state index is 0.0880. The van der Waals surface area contributed by atoms with Crippen LogP contribution in [0.4, 0.5) is 0 Å². The minimum Gasteiger partial charge on any atom is -0.338 e. The van der Waals surface area contributed by atoms with Crippen LogP contribution in [-0.2, 0) is 9.59 Å². The summed E-state index contributed by atoms with van der Waals surface area (Å²) < 4.78 is 0. The van der Waals surface area contributed by atoms with Crippen molar-refractivity contribution in [2.24, 2.45) is 0 Å². The Balaban J connectivity index is 2.83. The van der Waals surface area contributed by atoms with E-state index in [1.165, 1.54) is 238 Å². The fourth-order valence-corrected chi connectivity index (χ4v) is 9.70. The Morgan fingerprint density at radius 3 is 0.968 bits per heavy atom. The third-order valence-electron chi connectivity index (χ3n) is 14.3. The first kappa shape index (κ1) is 59.8. The van der Waals surface area contributed by atoms with Gasteiger partial charge >= 0.3 is 0 Å². The zero-order chi connectivity index (χ0) is 45.9. The molecule has 0 saturated carbocycles. The molecule has 1 heterocycles. The lowest BCUT2D eigenvalue weighted by atomic mass is 10.1. The summed E-state index contributed by atoms with van der Waals surface area (Å²) in [5, 5.41) is 0. The highest BCUT2D eigenvalue weighted by atomic mass is 16.2. The Hall–Kier alpha value is -1.18. The van der Waals surface area contributed by atoms with Crippen LogP contribution in [0.25, 0.3) is 0 Å². The Morgan fingerprint density at radius 1 is 0.349 bits per heavy atom. The Kier molecular flexibility index (Phi) is 42.4. The van der Waals surface area contributed by atoms with Crippen molar-refractivity contribution in [2.45, 2.75) is 272 Å². The molecule has 7 nitrogen and oxygen atoms in total. The van der Waals surface area contributed by atoms with E-state index in [1.54, 1.807) is 0 Å². The first-order valence-corrected chi connectivity index (χ1v) is 28.7. The zero-order valence-corrected chi connectivity index (χ0v) is 43.9. The van der Waals surface area contributed by atoms with Crippen LogP contribution in [0.5, 0.6) is 0 Å². The van der Waals surface area contributed by atoms with Gasteiger partial charge in [-0.15, -0.1) is 0 Å². The lowest BCUT2D eigenvalue weighted by Crippen LogP contribution is -2.56. The van der Waals surface area contributed by atoms with Crippen molar-refractivity contribution in [1.29, 1.82) is 0 Å². The molecule has 0 bridgehead atoms. The molecule has 0 N–H and O–H groups in total. The highest BCUT2D eigenvalue weighted by molar-refractivity contribution is 5.82. The molecule has 1 aliphatic heterocycles. The number of piperazine rings is 1. The van der Waals surface area contributed by atoms with Gasteiger partial charge in [0.2, 0.25) is 11.8 Å². The van der Waals surface area contributed by atoms with Gasteiger partial charge in [0, 0.05) is 39.3 Å². The van der Waals surface area contributed by atoms with Gasteiger partial charge in [-0.2, -0.15) is 0 Å². The Labute approximate surface area is 395 Å².